The molecule has 1 heterocycles. The van der Waals surface area contributed by atoms with Crippen LogP contribution in [-0.4, -0.2) is 29.1 Å². The second-order valence-electron chi connectivity index (χ2n) is 5.64. The third-order valence-corrected chi connectivity index (χ3v) is 4.40. The molecule has 0 aliphatic rings. The summed E-state index contributed by atoms with van der Waals surface area (Å²) in [4.78, 5) is 0. The molecule has 0 amide bonds. The molecular weight excluding hydrogens is 384 g/mol. The molecule has 3 aromatic rings. The van der Waals surface area contributed by atoms with Gasteiger partial charge in [-0.25, -0.2) is 0 Å². The molecule has 0 aliphatic heterocycles. The Morgan fingerprint density at radius 1 is 1.11 bits per heavy atom. The van der Waals surface area contributed by atoms with Gasteiger partial charge in [0.15, 0.2) is 10.9 Å². The van der Waals surface area contributed by atoms with Gasteiger partial charge in [0, 0.05) is 23.4 Å². The molecule has 0 bridgehead atoms. The van der Waals surface area contributed by atoms with Gasteiger partial charge in [-0.2, -0.15) is 5.10 Å². The van der Waals surface area contributed by atoms with Gasteiger partial charge in [-0.3, -0.25) is 4.68 Å². The minimum atomic E-state index is 0.393. The number of hydrogen-bond acceptors (Lipinski definition) is 4. The van der Waals surface area contributed by atoms with Crippen molar-refractivity contribution in [3.63, 3.8) is 0 Å². The summed E-state index contributed by atoms with van der Waals surface area (Å²) < 4.78 is 12.4. The van der Waals surface area contributed by atoms with E-state index in [1.807, 2.05) is 54.7 Å². The predicted octanol–water partition coefficient (Wildman–Crippen LogP) is 4.41. The van der Waals surface area contributed by atoms with E-state index in [1.165, 1.54) is 0 Å². The van der Waals surface area contributed by atoms with Crippen LogP contribution in [0.5, 0.6) is 11.5 Å². The summed E-state index contributed by atoms with van der Waals surface area (Å²) in [6, 6.07) is 15.0. The molecule has 0 saturated heterocycles. The van der Waals surface area contributed by atoms with Gasteiger partial charge in [-0.15, -0.1) is 0 Å². The van der Waals surface area contributed by atoms with Crippen molar-refractivity contribution in [3.8, 4) is 11.5 Å². The SMILES string of the molecule is COc1ccc(OC)c(NC(=S)Nc2ccn(Cc3ccccc3Cl)n2)c1. The average Bonchev–Trinajstić information content (AvgIpc) is 3.10. The second-order valence-corrected chi connectivity index (χ2v) is 6.45. The first-order chi connectivity index (χ1) is 13.1. The van der Waals surface area contributed by atoms with E-state index < -0.39 is 0 Å². The highest BCUT2D eigenvalue weighted by Gasteiger charge is 2.09. The summed E-state index contributed by atoms with van der Waals surface area (Å²) in [5.74, 6) is 1.98. The zero-order valence-electron chi connectivity index (χ0n) is 14.9. The fraction of sp³-hybridized carbons (Fsp3) is 0.158. The molecule has 140 valence electrons. The van der Waals surface area contributed by atoms with Crippen molar-refractivity contribution in [2.24, 2.45) is 0 Å². The van der Waals surface area contributed by atoms with Crippen LogP contribution in [0.25, 0.3) is 0 Å². The van der Waals surface area contributed by atoms with E-state index in [-0.39, 0.29) is 0 Å². The van der Waals surface area contributed by atoms with Crippen molar-refractivity contribution in [1.82, 2.24) is 9.78 Å². The summed E-state index contributed by atoms with van der Waals surface area (Å²) in [5.41, 5.74) is 1.69. The third kappa shape index (κ3) is 4.90. The summed E-state index contributed by atoms with van der Waals surface area (Å²) in [7, 11) is 3.20. The maximum Gasteiger partial charge on any atom is 0.176 e. The topological polar surface area (TPSA) is 60.3 Å². The largest absolute Gasteiger partial charge is 0.497 e. The number of hydrogen-bond donors (Lipinski definition) is 2. The van der Waals surface area contributed by atoms with Crippen molar-refractivity contribution < 1.29 is 9.47 Å². The van der Waals surface area contributed by atoms with Crippen molar-refractivity contribution in [2.75, 3.05) is 24.9 Å². The normalized spacial score (nSPS) is 10.3. The number of benzene rings is 2. The maximum absolute atomic E-state index is 6.20. The molecular formula is C19H19ClN4O2S. The monoisotopic (exact) mass is 402 g/mol. The molecule has 0 saturated carbocycles. The van der Waals surface area contributed by atoms with Gasteiger partial charge < -0.3 is 20.1 Å². The number of nitrogens with one attached hydrogen (secondary N) is 2. The minimum absolute atomic E-state index is 0.393. The van der Waals surface area contributed by atoms with Crippen LogP contribution >= 0.6 is 23.8 Å². The Labute approximate surface area is 168 Å². The van der Waals surface area contributed by atoms with Crippen molar-refractivity contribution in [2.45, 2.75) is 6.54 Å². The van der Waals surface area contributed by atoms with E-state index >= 15 is 0 Å². The Hall–Kier alpha value is -2.77. The van der Waals surface area contributed by atoms with Gasteiger partial charge in [0.1, 0.15) is 11.5 Å². The molecule has 1 aromatic heterocycles. The quantitative estimate of drug-likeness (QED) is 0.595. The van der Waals surface area contributed by atoms with Crippen molar-refractivity contribution in [1.29, 1.82) is 0 Å². The molecule has 27 heavy (non-hydrogen) atoms. The zero-order valence-corrected chi connectivity index (χ0v) is 16.5. The Balaban J connectivity index is 1.65. The summed E-state index contributed by atoms with van der Waals surface area (Å²) >= 11 is 11.6. The van der Waals surface area contributed by atoms with Gasteiger partial charge in [0.2, 0.25) is 0 Å². The van der Waals surface area contributed by atoms with Crippen molar-refractivity contribution in [3.05, 3.63) is 65.3 Å². The number of ether oxygens (including phenoxy) is 2. The van der Waals surface area contributed by atoms with Gasteiger partial charge >= 0.3 is 0 Å². The van der Waals surface area contributed by atoms with E-state index in [2.05, 4.69) is 15.7 Å². The first-order valence-electron chi connectivity index (χ1n) is 8.16. The van der Waals surface area contributed by atoms with Crippen LogP contribution in [0.15, 0.2) is 54.7 Å². The number of halogens is 1. The first kappa shape index (κ1) is 19.0. The van der Waals surface area contributed by atoms with E-state index in [0.29, 0.717) is 39.7 Å². The average molecular weight is 403 g/mol. The highest BCUT2D eigenvalue weighted by atomic mass is 35.5. The Bertz CT molecular complexity index is 945. The molecule has 6 nitrogen and oxygen atoms in total. The second kappa shape index (κ2) is 8.75. The number of nitrogens with zero attached hydrogens (tertiary/aromatic N) is 2. The standard InChI is InChI=1S/C19H19ClN4O2S/c1-25-14-7-8-17(26-2)16(11-14)21-19(27)22-18-9-10-24(23-18)12-13-5-3-4-6-15(13)20/h3-11H,12H2,1-2H3,(H2,21,22,23,27). The molecule has 3 rings (SSSR count). The van der Waals surface area contributed by atoms with Crippen LogP contribution in [0, 0.1) is 0 Å². The van der Waals surface area contributed by atoms with Crippen LogP contribution in [0.1, 0.15) is 5.56 Å². The van der Waals surface area contributed by atoms with Crippen LogP contribution in [0.4, 0.5) is 11.5 Å². The lowest BCUT2D eigenvalue weighted by atomic mass is 10.2. The molecule has 0 fully saturated rings. The smallest absolute Gasteiger partial charge is 0.176 e. The minimum Gasteiger partial charge on any atom is -0.497 e. The Morgan fingerprint density at radius 2 is 1.93 bits per heavy atom. The maximum atomic E-state index is 6.20. The highest BCUT2D eigenvalue weighted by Crippen LogP contribution is 2.29. The summed E-state index contributed by atoms with van der Waals surface area (Å²) in [6.07, 6.45) is 1.86. The van der Waals surface area contributed by atoms with Gasteiger partial charge in [-0.05, 0) is 36.0 Å². The lowest BCUT2D eigenvalue weighted by Crippen LogP contribution is -2.20. The summed E-state index contributed by atoms with van der Waals surface area (Å²) in [6.45, 7) is 0.575. The zero-order chi connectivity index (χ0) is 19.2. The van der Waals surface area contributed by atoms with E-state index in [1.54, 1.807) is 18.9 Å². The fourth-order valence-corrected chi connectivity index (χ4v) is 2.91. The van der Waals surface area contributed by atoms with E-state index in [9.17, 15) is 0 Å². The molecule has 0 atom stereocenters. The number of anilines is 2. The van der Waals surface area contributed by atoms with Crippen molar-refractivity contribution >= 4 is 40.4 Å². The molecule has 2 N–H and O–H groups in total. The van der Waals surface area contributed by atoms with Gasteiger partial charge in [0.25, 0.3) is 0 Å². The molecule has 2 aromatic carbocycles. The molecule has 0 unspecified atom stereocenters. The van der Waals surface area contributed by atoms with Crippen LogP contribution in [0.3, 0.4) is 0 Å². The lowest BCUT2D eigenvalue weighted by molar-refractivity contribution is 0.405. The molecule has 0 radical (unpaired) electrons. The van der Waals surface area contributed by atoms with Crippen LogP contribution < -0.4 is 20.1 Å². The predicted molar refractivity (Wildman–Crippen MR) is 112 cm³/mol. The number of methoxy groups -OCH3 is 2. The fourth-order valence-electron chi connectivity index (χ4n) is 2.50. The third-order valence-electron chi connectivity index (χ3n) is 3.83. The van der Waals surface area contributed by atoms with Gasteiger partial charge in [0.05, 0.1) is 26.5 Å². The number of aromatic nitrogens is 2. The molecule has 0 spiro atoms. The van der Waals surface area contributed by atoms with E-state index in [4.69, 9.17) is 33.3 Å². The lowest BCUT2D eigenvalue weighted by Gasteiger charge is -2.13. The molecule has 8 heteroatoms. The highest BCUT2D eigenvalue weighted by molar-refractivity contribution is 7.80. The van der Waals surface area contributed by atoms with Crippen LogP contribution in [0.2, 0.25) is 5.02 Å². The number of thiocarbonyl (C=S) groups is 1. The van der Waals surface area contributed by atoms with Crippen LogP contribution in [-0.2, 0) is 6.54 Å². The number of rotatable bonds is 6. The molecule has 0 aliphatic carbocycles. The van der Waals surface area contributed by atoms with E-state index in [0.717, 1.165) is 5.56 Å². The summed E-state index contributed by atoms with van der Waals surface area (Å²) in [5, 5.41) is 11.7. The first-order valence-corrected chi connectivity index (χ1v) is 8.94. The van der Waals surface area contributed by atoms with Gasteiger partial charge in [-0.1, -0.05) is 29.8 Å². The Kier molecular flexibility index (Phi) is 6.16. The Morgan fingerprint density at radius 3 is 2.67 bits per heavy atom.